The molecule has 0 amide bonds. The number of allylic oxidation sites excluding steroid dienone is 1. The van der Waals surface area contributed by atoms with E-state index < -0.39 is 0 Å². The third-order valence-electron chi connectivity index (χ3n) is 1.43. The van der Waals surface area contributed by atoms with Crippen LogP contribution >= 0.6 is 27.5 Å². The molecule has 1 rings (SSSR count). The molecule has 0 spiro atoms. The highest BCUT2D eigenvalue weighted by atomic mass is 79.9. The maximum Gasteiger partial charge on any atom is 0.0423 e. The summed E-state index contributed by atoms with van der Waals surface area (Å²) in [5, 5.41) is 0.764. The molecule has 0 nitrogen and oxygen atoms in total. The van der Waals surface area contributed by atoms with Crippen LogP contribution in [0.3, 0.4) is 0 Å². The number of hydrogen-bond acceptors (Lipinski definition) is 0. The van der Waals surface area contributed by atoms with Gasteiger partial charge in [-0.15, -0.1) is 0 Å². The van der Waals surface area contributed by atoms with Gasteiger partial charge in [0.25, 0.3) is 0 Å². The summed E-state index contributed by atoms with van der Waals surface area (Å²) in [5.41, 5.74) is 1.14. The van der Waals surface area contributed by atoms with Gasteiger partial charge >= 0.3 is 0 Å². The van der Waals surface area contributed by atoms with Gasteiger partial charge in [-0.2, -0.15) is 0 Å². The maximum absolute atomic E-state index is 5.87. The highest BCUT2D eigenvalue weighted by Gasteiger charge is 1.93. The highest BCUT2D eigenvalue weighted by Crippen LogP contribution is 2.20. The first kappa shape index (κ1) is 9.82. The summed E-state index contributed by atoms with van der Waals surface area (Å²) in [5.74, 6) is 0. The Morgan fingerprint density at radius 3 is 2.75 bits per heavy atom. The molecule has 0 heterocycles. The largest absolute Gasteiger partial charge is 0.0843 e. The van der Waals surface area contributed by atoms with E-state index in [1.54, 1.807) is 0 Å². The summed E-state index contributed by atoms with van der Waals surface area (Å²) in [6.45, 7) is 2.11. The highest BCUT2D eigenvalue weighted by molar-refractivity contribution is 9.10. The number of hydrogen-bond donors (Lipinski definition) is 0. The summed E-state index contributed by atoms with van der Waals surface area (Å²) < 4.78 is 1.02. The minimum atomic E-state index is 0.764. The van der Waals surface area contributed by atoms with Gasteiger partial charge in [0, 0.05) is 9.50 Å². The van der Waals surface area contributed by atoms with Crippen LogP contribution in [0.15, 0.2) is 28.7 Å². The summed E-state index contributed by atoms with van der Waals surface area (Å²) in [7, 11) is 0. The Balaban J connectivity index is 2.93. The van der Waals surface area contributed by atoms with Crippen LogP contribution in [-0.4, -0.2) is 0 Å². The molecule has 0 atom stereocenters. The molecule has 0 aromatic heterocycles. The van der Waals surface area contributed by atoms with E-state index in [2.05, 4.69) is 35.0 Å². The van der Waals surface area contributed by atoms with Crippen molar-refractivity contribution in [3.8, 4) is 0 Å². The fourth-order valence-electron chi connectivity index (χ4n) is 0.925. The molecule has 0 bridgehead atoms. The van der Waals surface area contributed by atoms with Crippen LogP contribution in [0, 0.1) is 0 Å². The van der Waals surface area contributed by atoms with Gasteiger partial charge in [-0.05, 0) is 30.2 Å². The molecule has 0 aliphatic heterocycles. The molecular weight excluding hydrogens is 235 g/mol. The standard InChI is InChI=1S/C10H10BrCl/c1-2-3-4-8-5-9(11)7-10(12)6-8/h3-7H,2H2,1H3/b4-3+. The van der Waals surface area contributed by atoms with E-state index in [1.165, 1.54) is 0 Å². The fraction of sp³-hybridized carbons (Fsp3) is 0.200. The monoisotopic (exact) mass is 244 g/mol. The van der Waals surface area contributed by atoms with E-state index in [0.717, 1.165) is 21.5 Å². The summed E-state index contributed by atoms with van der Waals surface area (Å²) in [6.07, 6.45) is 5.22. The lowest BCUT2D eigenvalue weighted by molar-refractivity contribution is 1.23. The van der Waals surface area contributed by atoms with E-state index in [9.17, 15) is 0 Å². The van der Waals surface area contributed by atoms with E-state index in [1.807, 2.05) is 18.2 Å². The molecule has 0 saturated heterocycles. The first-order valence-electron chi connectivity index (χ1n) is 3.85. The van der Waals surface area contributed by atoms with Crippen molar-refractivity contribution in [1.82, 2.24) is 0 Å². The lowest BCUT2D eigenvalue weighted by Crippen LogP contribution is -1.73. The zero-order chi connectivity index (χ0) is 8.97. The topological polar surface area (TPSA) is 0 Å². The van der Waals surface area contributed by atoms with Gasteiger partial charge in [0.15, 0.2) is 0 Å². The third-order valence-corrected chi connectivity index (χ3v) is 2.11. The minimum absolute atomic E-state index is 0.764. The van der Waals surface area contributed by atoms with Gasteiger partial charge in [-0.3, -0.25) is 0 Å². The van der Waals surface area contributed by atoms with Crippen molar-refractivity contribution in [2.75, 3.05) is 0 Å². The summed E-state index contributed by atoms with van der Waals surface area (Å²) in [4.78, 5) is 0. The van der Waals surface area contributed by atoms with Crippen molar-refractivity contribution in [2.45, 2.75) is 13.3 Å². The molecule has 12 heavy (non-hydrogen) atoms. The molecule has 0 aliphatic rings. The molecule has 0 radical (unpaired) electrons. The van der Waals surface area contributed by atoms with Gasteiger partial charge in [0.2, 0.25) is 0 Å². The average molecular weight is 246 g/mol. The fourth-order valence-corrected chi connectivity index (χ4v) is 1.81. The average Bonchev–Trinajstić information content (AvgIpc) is 1.99. The Morgan fingerprint density at radius 2 is 2.17 bits per heavy atom. The Labute approximate surface area is 86.4 Å². The van der Waals surface area contributed by atoms with Crippen molar-refractivity contribution in [2.24, 2.45) is 0 Å². The zero-order valence-electron chi connectivity index (χ0n) is 6.85. The second kappa shape index (κ2) is 4.68. The lowest BCUT2D eigenvalue weighted by Gasteiger charge is -1.96. The third kappa shape index (κ3) is 3.00. The molecule has 0 unspecified atom stereocenters. The van der Waals surface area contributed by atoms with Crippen LogP contribution in [-0.2, 0) is 0 Å². The Morgan fingerprint density at radius 1 is 1.42 bits per heavy atom. The molecule has 64 valence electrons. The van der Waals surface area contributed by atoms with Gasteiger partial charge in [-0.1, -0.05) is 46.6 Å². The molecule has 2 heteroatoms. The zero-order valence-corrected chi connectivity index (χ0v) is 9.19. The quantitative estimate of drug-likeness (QED) is 0.718. The predicted molar refractivity (Wildman–Crippen MR) is 58.5 cm³/mol. The number of benzene rings is 1. The summed E-state index contributed by atoms with van der Waals surface area (Å²) in [6, 6.07) is 5.86. The second-order valence-corrected chi connectivity index (χ2v) is 3.87. The van der Waals surface area contributed by atoms with E-state index in [4.69, 9.17) is 11.6 Å². The van der Waals surface area contributed by atoms with Crippen molar-refractivity contribution in [3.05, 3.63) is 39.3 Å². The Kier molecular flexibility index (Phi) is 3.83. The van der Waals surface area contributed by atoms with E-state index in [-0.39, 0.29) is 0 Å². The normalized spacial score (nSPS) is 10.9. The Hall–Kier alpha value is -0.270. The smallest absolute Gasteiger partial charge is 0.0423 e. The van der Waals surface area contributed by atoms with Crippen molar-refractivity contribution in [1.29, 1.82) is 0 Å². The van der Waals surface area contributed by atoms with Crippen LogP contribution in [0.2, 0.25) is 5.02 Å². The van der Waals surface area contributed by atoms with Crippen molar-refractivity contribution < 1.29 is 0 Å². The van der Waals surface area contributed by atoms with Crippen LogP contribution in [0.4, 0.5) is 0 Å². The second-order valence-electron chi connectivity index (χ2n) is 2.51. The van der Waals surface area contributed by atoms with E-state index in [0.29, 0.717) is 0 Å². The van der Waals surface area contributed by atoms with Gasteiger partial charge in [0.05, 0.1) is 0 Å². The van der Waals surface area contributed by atoms with Gasteiger partial charge in [-0.25, -0.2) is 0 Å². The van der Waals surface area contributed by atoms with Crippen LogP contribution in [0.25, 0.3) is 6.08 Å². The van der Waals surface area contributed by atoms with E-state index >= 15 is 0 Å². The first-order valence-corrected chi connectivity index (χ1v) is 5.02. The Bertz CT molecular complexity index is 272. The number of halogens is 2. The molecule has 0 fully saturated rings. The van der Waals surface area contributed by atoms with Crippen molar-refractivity contribution in [3.63, 3.8) is 0 Å². The molecule has 0 saturated carbocycles. The minimum Gasteiger partial charge on any atom is -0.0843 e. The van der Waals surface area contributed by atoms with Crippen molar-refractivity contribution >= 4 is 33.6 Å². The van der Waals surface area contributed by atoms with Gasteiger partial charge < -0.3 is 0 Å². The molecular formula is C10H10BrCl. The lowest BCUT2D eigenvalue weighted by atomic mass is 10.2. The summed E-state index contributed by atoms with van der Waals surface area (Å²) >= 11 is 9.25. The van der Waals surface area contributed by atoms with Gasteiger partial charge in [0.1, 0.15) is 0 Å². The first-order chi connectivity index (χ1) is 5.72. The molecule has 1 aromatic carbocycles. The molecule has 0 N–H and O–H groups in total. The maximum atomic E-state index is 5.87. The molecule has 1 aromatic rings. The molecule has 0 aliphatic carbocycles. The predicted octanol–water partition coefficient (Wildman–Crippen LogP) is 4.53. The van der Waals surface area contributed by atoms with Crippen LogP contribution < -0.4 is 0 Å². The number of rotatable bonds is 2. The SMILES string of the molecule is CC/C=C/c1cc(Cl)cc(Br)c1. The van der Waals surface area contributed by atoms with Crippen LogP contribution in [0.5, 0.6) is 0 Å². The van der Waals surface area contributed by atoms with Crippen LogP contribution in [0.1, 0.15) is 18.9 Å².